The second-order valence-corrected chi connectivity index (χ2v) is 3.26. The standard InChI is InChI=1S/C10H15N3O2/c1-7-5-8(10(15)9(14)6-7)13(11)4-3-12-2/h5-6,12,14H,1,3-4,11H2,2H3. The summed E-state index contributed by atoms with van der Waals surface area (Å²) >= 11 is 0. The Balaban J connectivity index is 2.77. The van der Waals surface area contributed by atoms with E-state index in [0.717, 1.165) is 0 Å². The molecule has 0 atom stereocenters. The number of hydrazine groups is 1. The first-order chi connectivity index (χ1) is 7.06. The summed E-state index contributed by atoms with van der Waals surface area (Å²) in [5.74, 6) is 4.88. The van der Waals surface area contributed by atoms with Gasteiger partial charge in [0.05, 0.1) is 0 Å². The Kier molecular flexibility index (Phi) is 3.65. The van der Waals surface area contributed by atoms with Crippen LogP contribution in [0.15, 0.2) is 35.8 Å². The molecule has 5 heteroatoms. The number of aliphatic hydroxyl groups is 1. The SMILES string of the molecule is C=C1C=C(O)C(=O)C(N(N)CCNC)=C1. The number of hydrogen-bond donors (Lipinski definition) is 3. The van der Waals surface area contributed by atoms with Gasteiger partial charge in [0.2, 0.25) is 5.78 Å². The van der Waals surface area contributed by atoms with Gasteiger partial charge in [0.15, 0.2) is 5.76 Å². The highest BCUT2D eigenvalue weighted by Crippen LogP contribution is 2.17. The zero-order valence-electron chi connectivity index (χ0n) is 8.66. The molecule has 0 saturated heterocycles. The van der Waals surface area contributed by atoms with Crippen LogP contribution in [0.25, 0.3) is 0 Å². The zero-order chi connectivity index (χ0) is 11.4. The fourth-order valence-corrected chi connectivity index (χ4v) is 1.22. The number of allylic oxidation sites excluding steroid dienone is 3. The van der Waals surface area contributed by atoms with Crippen molar-refractivity contribution in [3.8, 4) is 0 Å². The van der Waals surface area contributed by atoms with E-state index in [4.69, 9.17) is 5.84 Å². The lowest BCUT2D eigenvalue weighted by Gasteiger charge is -2.22. The number of rotatable bonds is 4. The van der Waals surface area contributed by atoms with Crippen LogP contribution in [-0.4, -0.2) is 36.0 Å². The maximum Gasteiger partial charge on any atom is 0.244 e. The first-order valence-electron chi connectivity index (χ1n) is 4.59. The van der Waals surface area contributed by atoms with E-state index in [0.29, 0.717) is 18.7 Å². The molecule has 4 N–H and O–H groups in total. The third kappa shape index (κ3) is 2.68. The van der Waals surface area contributed by atoms with Crippen LogP contribution in [0.5, 0.6) is 0 Å². The average Bonchev–Trinajstić information content (AvgIpc) is 2.19. The average molecular weight is 209 g/mol. The van der Waals surface area contributed by atoms with Crippen LogP contribution in [0.2, 0.25) is 0 Å². The molecule has 15 heavy (non-hydrogen) atoms. The molecule has 82 valence electrons. The molecular weight excluding hydrogens is 194 g/mol. The van der Waals surface area contributed by atoms with Crippen LogP contribution in [0.1, 0.15) is 0 Å². The van der Waals surface area contributed by atoms with Crippen LogP contribution in [-0.2, 0) is 4.79 Å². The molecule has 1 aliphatic carbocycles. The molecule has 0 amide bonds. The van der Waals surface area contributed by atoms with Gasteiger partial charge in [-0.2, -0.15) is 0 Å². The first-order valence-corrected chi connectivity index (χ1v) is 4.59. The highest BCUT2D eigenvalue weighted by molar-refractivity contribution is 6.08. The maximum absolute atomic E-state index is 11.5. The van der Waals surface area contributed by atoms with Gasteiger partial charge >= 0.3 is 0 Å². The van der Waals surface area contributed by atoms with Gasteiger partial charge in [0.25, 0.3) is 0 Å². The quantitative estimate of drug-likeness (QED) is 0.443. The second kappa shape index (κ2) is 4.77. The van der Waals surface area contributed by atoms with E-state index in [1.54, 1.807) is 13.1 Å². The number of ketones is 1. The molecule has 5 nitrogen and oxygen atoms in total. The lowest BCUT2D eigenvalue weighted by molar-refractivity contribution is -0.116. The summed E-state index contributed by atoms with van der Waals surface area (Å²) in [5.41, 5.74) is 0.817. The molecule has 0 aliphatic heterocycles. The number of nitrogens with one attached hydrogen (secondary N) is 1. The molecule has 1 rings (SSSR count). The van der Waals surface area contributed by atoms with E-state index in [1.807, 2.05) is 0 Å². The number of nitrogens with two attached hydrogens (primary N) is 1. The van der Waals surface area contributed by atoms with Gasteiger partial charge in [0, 0.05) is 13.1 Å². The summed E-state index contributed by atoms with van der Waals surface area (Å²) < 4.78 is 0. The topological polar surface area (TPSA) is 78.6 Å². The number of aliphatic hydroxyl groups excluding tert-OH is 1. The summed E-state index contributed by atoms with van der Waals surface area (Å²) in [4.78, 5) is 11.5. The molecule has 0 fully saturated rings. The normalized spacial score (nSPS) is 16.1. The summed E-state index contributed by atoms with van der Waals surface area (Å²) in [6.07, 6.45) is 2.87. The maximum atomic E-state index is 11.5. The zero-order valence-corrected chi connectivity index (χ0v) is 8.66. The van der Waals surface area contributed by atoms with Gasteiger partial charge in [-0.3, -0.25) is 4.79 Å². The van der Waals surface area contributed by atoms with E-state index >= 15 is 0 Å². The predicted octanol–water partition coefficient (Wildman–Crippen LogP) is -0.154. The molecule has 0 spiro atoms. The first kappa shape index (κ1) is 11.5. The van der Waals surface area contributed by atoms with Gasteiger partial charge in [-0.05, 0) is 24.8 Å². The van der Waals surface area contributed by atoms with Crippen molar-refractivity contribution in [2.45, 2.75) is 0 Å². The number of carbonyl (C=O) groups excluding carboxylic acids is 1. The largest absolute Gasteiger partial charge is 0.504 e. The second-order valence-electron chi connectivity index (χ2n) is 3.26. The fraction of sp³-hybridized carbons (Fsp3) is 0.300. The molecule has 0 radical (unpaired) electrons. The van der Waals surface area contributed by atoms with Gasteiger partial charge in [-0.15, -0.1) is 0 Å². The molecule has 0 aromatic carbocycles. The van der Waals surface area contributed by atoms with Crippen molar-refractivity contribution in [2.75, 3.05) is 20.1 Å². The molecule has 1 aliphatic rings. The molecule has 0 saturated carbocycles. The number of nitrogens with zero attached hydrogens (tertiary/aromatic N) is 1. The van der Waals surface area contributed by atoms with Crippen molar-refractivity contribution >= 4 is 5.78 Å². The van der Waals surface area contributed by atoms with Crippen LogP contribution in [0, 0.1) is 0 Å². The molecule has 0 unspecified atom stereocenters. The Morgan fingerprint density at radius 1 is 1.60 bits per heavy atom. The lowest BCUT2D eigenvalue weighted by atomic mass is 10.1. The Morgan fingerprint density at radius 3 is 2.87 bits per heavy atom. The summed E-state index contributed by atoms with van der Waals surface area (Å²) in [7, 11) is 1.79. The fourth-order valence-electron chi connectivity index (χ4n) is 1.22. The van der Waals surface area contributed by atoms with Gasteiger partial charge < -0.3 is 15.4 Å². The van der Waals surface area contributed by atoms with Crippen molar-refractivity contribution in [1.29, 1.82) is 0 Å². The summed E-state index contributed by atoms with van der Waals surface area (Å²) in [6.45, 7) is 4.78. The smallest absolute Gasteiger partial charge is 0.244 e. The van der Waals surface area contributed by atoms with Crippen LogP contribution in [0.4, 0.5) is 0 Å². The minimum absolute atomic E-state index is 0.259. The number of likely N-dealkylation sites (N-methyl/N-ethyl adjacent to an activating group) is 1. The molecule has 0 aromatic rings. The van der Waals surface area contributed by atoms with Gasteiger partial charge in [0.1, 0.15) is 5.70 Å². The molecular formula is C10H15N3O2. The van der Waals surface area contributed by atoms with Crippen molar-refractivity contribution in [1.82, 2.24) is 10.3 Å². The Bertz CT molecular complexity index is 345. The molecule has 0 bridgehead atoms. The van der Waals surface area contributed by atoms with Gasteiger partial charge in [-0.1, -0.05) is 6.58 Å². The third-order valence-corrected chi connectivity index (χ3v) is 2.02. The highest BCUT2D eigenvalue weighted by Gasteiger charge is 2.22. The number of Topliss-reactive ketones (excluding diaryl/α,β-unsaturated/α-hetero) is 1. The van der Waals surface area contributed by atoms with Crippen LogP contribution < -0.4 is 11.2 Å². The minimum atomic E-state index is -0.471. The van der Waals surface area contributed by atoms with Crippen molar-refractivity contribution < 1.29 is 9.90 Å². The lowest BCUT2D eigenvalue weighted by Crippen LogP contribution is -2.39. The van der Waals surface area contributed by atoms with E-state index < -0.39 is 5.78 Å². The van der Waals surface area contributed by atoms with E-state index in [-0.39, 0.29) is 11.5 Å². The van der Waals surface area contributed by atoms with E-state index in [1.165, 1.54) is 11.1 Å². The molecule has 0 heterocycles. The van der Waals surface area contributed by atoms with Crippen LogP contribution >= 0.6 is 0 Å². The Morgan fingerprint density at radius 2 is 2.27 bits per heavy atom. The van der Waals surface area contributed by atoms with Gasteiger partial charge in [-0.25, -0.2) is 5.84 Å². The number of hydrogen-bond acceptors (Lipinski definition) is 5. The van der Waals surface area contributed by atoms with E-state index in [9.17, 15) is 9.90 Å². The minimum Gasteiger partial charge on any atom is -0.504 e. The number of carbonyl (C=O) groups is 1. The predicted molar refractivity (Wildman–Crippen MR) is 57.8 cm³/mol. The third-order valence-electron chi connectivity index (χ3n) is 2.02. The van der Waals surface area contributed by atoms with E-state index in [2.05, 4.69) is 11.9 Å². The highest BCUT2D eigenvalue weighted by atomic mass is 16.3. The Labute approximate surface area is 88.5 Å². The Hall–Kier alpha value is -1.59. The van der Waals surface area contributed by atoms with Crippen molar-refractivity contribution in [3.63, 3.8) is 0 Å². The molecule has 0 aromatic heterocycles. The van der Waals surface area contributed by atoms with Crippen molar-refractivity contribution in [3.05, 3.63) is 35.8 Å². The summed E-state index contributed by atoms with van der Waals surface area (Å²) in [5, 5.41) is 13.5. The monoisotopic (exact) mass is 209 g/mol. The summed E-state index contributed by atoms with van der Waals surface area (Å²) in [6, 6.07) is 0. The van der Waals surface area contributed by atoms with Crippen molar-refractivity contribution in [2.24, 2.45) is 5.84 Å². The van der Waals surface area contributed by atoms with Crippen LogP contribution in [0.3, 0.4) is 0 Å².